The minimum absolute atomic E-state index is 0.259. The van der Waals surface area contributed by atoms with Gasteiger partial charge in [-0.3, -0.25) is 0 Å². The third-order valence-electron chi connectivity index (χ3n) is 1.43. The molecule has 0 aromatic carbocycles. The van der Waals surface area contributed by atoms with E-state index in [1.54, 1.807) is 18.2 Å². The molecule has 3 heteroatoms. The van der Waals surface area contributed by atoms with Gasteiger partial charge in [-0.15, -0.1) is 0 Å². The summed E-state index contributed by atoms with van der Waals surface area (Å²) in [5, 5.41) is 16.9. The average Bonchev–Trinajstić information content (AvgIpc) is 2.16. The van der Waals surface area contributed by atoms with Gasteiger partial charge in [-0.25, -0.2) is 4.79 Å². The SMILES string of the molecule is CCCC=CC=CC=C(C#N)C(=O)O. The van der Waals surface area contributed by atoms with Crippen molar-refractivity contribution < 1.29 is 9.90 Å². The lowest BCUT2D eigenvalue weighted by atomic mass is 10.2. The number of carbonyl (C=O) groups is 1. The van der Waals surface area contributed by atoms with Gasteiger partial charge >= 0.3 is 5.97 Å². The molecule has 0 saturated carbocycles. The summed E-state index contributed by atoms with van der Waals surface area (Å²) in [4.78, 5) is 10.4. The zero-order valence-electron chi connectivity index (χ0n) is 8.10. The first-order valence-electron chi connectivity index (χ1n) is 4.39. The smallest absolute Gasteiger partial charge is 0.346 e. The Hall–Kier alpha value is -1.82. The number of carboxylic acids is 1. The lowest BCUT2D eigenvalue weighted by molar-refractivity contribution is -0.132. The van der Waals surface area contributed by atoms with E-state index in [1.165, 1.54) is 6.08 Å². The van der Waals surface area contributed by atoms with Crippen LogP contribution in [0.5, 0.6) is 0 Å². The lowest BCUT2D eigenvalue weighted by Crippen LogP contribution is -1.96. The fourth-order valence-corrected chi connectivity index (χ4v) is 0.714. The van der Waals surface area contributed by atoms with Crippen molar-refractivity contribution in [2.45, 2.75) is 19.8 Å². The molecule has 0 aliphatic heterocycles. The number of aliphatic carboxylic acids is 1. The molecule has 0 heterocycles. The van der Waals surface area contributed by atoms with E-state index in [1.807, 2.05) is 12.2 Å². The van der Waals surface area contributed by atoms with Crippen molar-refractivity contribution in [3.63, 3.8) is 0 Å². The molecule has 0 spiro atoms. The highest BCUT2D eigenvalue weighted by Gasteiger charge is 2.01. The van der Waals surface area contributed by atoms with Crippen LogP contribution in [-0.2, 0) is 4.79 Å². The van der Waals surface area contributed by atoms with Crippen LogP contribution in [0.25, 0.3) is 0 Å². The second kappa shape index (κ2) is 7.81. The van der Waals surface area contributed by atoms with E-state index >= 15 is 0 Å². The molecule has 1 N–H and O–H groups in total. The second-order valence-electron chi connectivity index (χ2n) is 2.60. The first kappa shape index (κ1) is 12.2. The molecule has 0 aromatic rings. The predicted octanol–water partition coefficient (Wildman–Crippen LogP) is 2.43. The molecule has 0 saturated heterocycles. The first-order valence-corrected chi connectivity index (χ1v) is 4.39. The van der Waals surface area contributed by atoms with E-state index in [0.717, 1.165) is 12.8 Å². The molecule has 0 atom stereocenters. The standard InChI is InChI=1S/C11H13NO2/c1-2-3-4-5-6-7-8-10(9-12)11(13)14/h4-8H,2-3H2,1H3,(H,13,14). The minimum atomic E-state index is -1.20. The summed E-state index contributed by atoms with van der Waals surface area (Å²) in [6.45, 7) is 2.08. The van der Waals surface area contributed by atoms with Crippen molar-refractivity contribution >= 4 is 5.97 Å². The Bertz CT molecular complexity index is 306. The molecule has 0 fully saturated rings. The number of nitrogens with zero attached hydrogens (tertiary/aromatic N) is 1. The number of hydrogen-bond donors (Lipinski definition) is 1. The van der Waals surface area contributed by atoms with Crippen molar-refractivity contribution in [2.24, 2.45) is 0 Å². The van der Waals surface area contributed by atoms with Crippen LogP contribution in [0.15, 0.2) is 36.0 Å². The fourth-order valence-electron chi connectivity index (χ4n) is 0.714. The largest absolute Gasteiger partial charge is 0.477 e. The number of rotatable bonds is 5. The first-order chi connectivity index (χ1) is 6.72. The van der Waals surface area contributed by atoms with Gasteiger partial charge in [0.1, 0.15) is 11.6 Å². The molecule has 0 aliphatic rings. The van der Waals surface area contributed by atoms with Crippen molar-refractivity contribution in [2.75, 3.05) is 0 Å². The molecule has 0 bridgehead atoms. The van der Waals surface area contributed by atoms with Crippen LogP contribution < -0.4 is 0 Å². The number of nitriles is 1. The third-order valence-corrected chi connectivity index (χ3v) is 1.43. The predicted molar refractivity (Wildman–Crippen MR) is 54.5 cm³/mol. The zero-order valence-corrected chi connectivity index (χ0v) is 8.10. The van der Waals surface area contributed by atoms with E-state index in [2.05, 4.69) is 6.92 Å². The van der Waals surface area contributed by atoms with E-state index in [9.17, 15) is 4.79 Å². The number of hydrogen-bond acceptors (Lipinski definition) is 2. The molecular formula is C11H13NO2. The van der Waals surface area contributed by atoms with Crippen LogP contribution in [0.1, 0.15) is 19.8 Å². The summed E-state index contributed by atoms with van der Waals surface area (Å²) >= 11 is 0. The zero-order chi connectivity index (χ0) is 10.8. The monoisotopic (exact) mass is 191 g/mol. The van der Waals surface area contributed by atoms with Gasteiger partial charge in [0.2, 0.25) is 0 Å². The highest BCUT2D eigenvalue weighted by Crippen LogP contribution is 1.94. The highest BCUT2D eigenvalue weighted by molar-refractivity contribution is 5.91. The van der Waals surface area contributed by atoms with Gasteiger partial charge < -0.3 is 5.11 Å². The lowest BCUT2D eigenvalue weighted by Gasteiger charge is -1.84. The van der Waals surface area contributed by atoms with Gasteiger partial charge in [-0.05, 0) is 12.5 Å². The van der Waals surface area contributed by atoms with Gasteiger partial charge in [0.05, 0.1) is 0 Å². The van der Waals surface area contributed by atoms with E-state index in [-0.39, 0.29) is 5.57 Å². The van der Waals surface area contributed by atoms with Crippen LogP contribution in [-0.4, -0.2) is 11.1 Å². The summed E-state index contributed by atoms with van der Waals surface area (Å²) < 4.78 is 0. The average molecular weight is 191 g/mol. The Balaban J connectivity index is 4.14. The number of unbranched alkanes of at least 4 members (excludes halogenated alkanes) is 1. The second-order valence-corrected chi connectivity index (χ2v) is 2.60. The van der Waals surface area contributed by atoms with Gasteiger partial charge in [-0.2, -0.15) is 5.26 Å². The summed E-state index contributed by atoms with van der Waals surface area (Å²) in [5.74, 6) is -1.20. The summed E-state index contributed by atoms with van der Waals surface area (Å²) in [5.41, 5.74) is -0.259. The maximum absolute atomic E-state index is 10.4. The van der Waals surface area contributed by atoms with Crippen LogP contribution in [0, 0.1) is 11.3 Å². The van der Waals surface area contributed by atoms with Crippen LogP contribution in [0.4, 0.5) is 0 Å². The van der Waals surface area contributed by atoms with Crippen LogP contribution >= 0.6 is 0 Å². The normalized spacial score (nSPS) is 12.1. The van der Waals surface area contributed by atoms with Gasteiger partial charge in [0, 0.05) is 0 Å². The molecule has 0 rings (SSSR count). The molecular weight excluding hydrogens is 178 g/mol. The number of carboxylic acid groups (broad SMARTS) is 1. The summed E-state index contributed by atoms with van der Waals surface area (Å²) in [7, 11) is 0. The Morgan fingerprint density at radius 3 is 2.64 bits per heavy atom. The molecule has 74 valence electrons. The molecule has 0 aromatic heterocycles. The van der Waals surface area contributed by atoms with Crippen molar-refractivity contribution in [3.05, 3.63) is 36.0 Å². The Morgan fingerprint density at radius 1 is 1.43 bits per heavy atom. The van der Waals surface area contributed by atoms with Crippen molar-refractivity contribution in [1.29, 1.82) is 5.26 Å². The molecule has 0 unspecified atom stereocenters. The van der Waals surface area contributed by atoms with Gasteiger partial charge in [0.15, 0.2) is 0 Å². The highest BCUT2D eigenvalue weighted by atomic mass is 16.4. The van der Waals surface area contributed by atoms with Gasteiger partial charge in [0.25, 0.3) is 0 Å². The van der Waals surface area contributed by atoms with Crippen molar-refractivity contribution in [3.8, 4) is 6.07 Å². The quantitative estimate of drug-likeness (QED) is 0.412. The minimum Gasteiger partial charge on any atom is -0.477 e. The molecule has 3 nitrogen and oxygen atoms in total. The van der Waals surface area contributed by atoms with E-state index in [4.69, 9.17) is 10.4 Å². The molecule has 14 heavy (non-hydrogen) atoms. The number of allylic oxidation sites excluding steroid dienone is 5. The Kier molecular flexibility index (Phi) is 6.79. The Morgan fingerprint density at radius 2 is 2.14 bits per heavy atom. The maximum Gasteiger partial charge on any atom is 0.346 e. The topological polar surface area (TPSA) is 61.1 Å². The van der Waals surface area contributed by atoms with E-state index in [0.29, 0.717) is 0 Å². The van der Waals surface area contributed by atoms with Crippen LogP contribution in [0.2, 0.25) is 0 Å². The summed E-state index contributed by atoms with van der Waals surface area (Å²) in [6.07, 6.45) is 10.4. The molecule has 0 aliphatic carbocycles. The van der Waals surface area contributed by atoms with Crippen molar-refractivity contribution in [1.82, 2.24) is 0 Å². The molecule has 0 radical (unpaired) electrons. The van der Waals surface area contributed by atoms with Crippen LogP contribution in [0.3, 0.4) is 0 Å². The Labute approximate surface area is 83.7 Å². The van der Waals surface area contributed by atoms with E-state index < -0.39 is 5.97 Å². The summed E-state index contributed by atoms with van der Waals surface area (Å²) in [6, 6.07) is 1.59. The fraction of sp³-hybridized carbons (Fsp3) is 0.273. The van der Waals surface area contributed by atoms with Gasteiger partial charge in [-0.1, -0.05) is 37.6 Å². The third kappa shape index (κ3) is 5.78. The molecule has 0 amide bonds. The maximum atomic E-state index is 10.4.